The number of nitrogens with zero attached hydrogens (tertiary/aromatic N) is 1. The first kappa shape index (κ1) is 49.5. The van der Waals surface area contributed by atoms with Crippen LogP contribution in [0.25, 0.3) is 41.4 Å². The molecule has 0 radical (unpaired) electrons. The fourth-order valence-corrected chi connectivity index (χ4v) is 14.0. The van der Waals surface area contributed by atoms with E-state index >= 15 is 0 Å². The van der Waals surface area contributed by atoms with E-state index in [0.29, 0.717) is 36.6 Å². The molecule has 5 aromatic rings. The summed E-state index contributed by atoms with van der Waals surface area (Å²) in [5, 5.41) is 0. The van der Waals surface area contributed by atoms with Crippen molar-refractivity contribution in [1.29, 1.82) is 0 Å². The number of thiophene rings is 5. The van der Waals surface area contributed by atoms with E-state index in [0.717, 1.165) is 78.5 Å². The highest BCUT2D eigenvalue weighted by molar-refractivity contribution is 7.27. The normalized spacial score (nSPS) is 14.2. The Morgan fingerprint density at radius 2 is 1.25 bits per heavy atom. The number of imide groups is 1. The summed E-state index contributed by atoms with van der Waals surface area (Å²) in [6.07, 6.45) is 22.3. The lowest BCUT2D eigenvalue weighted by Gasteiger charge is -2.25. The smallest absolute Gasteiger partial charge is 0.263 e. The quantitative estimate of drug-likeness (QED) is 0.0315. The lowest BCUT2D eigenvalue weighted by molar-refractivity contribution is 0.0621. The zero-order valence-electron chi connectivity index (χ0n) is 39.4. The van der Waals surface area contributed by atoms with Gasteiger partial charge in [0.05, 0.1) is 16.0 Å². The summed E-state index contributed by atoms with van der Waals surface area (Å²) in [6, 6.07) is 17.9. The van der Waals surface area contributed by atoms with Gasteiger partial charge in [0.1, 0.15) is 0 Å². The van der Waals surface area contributed by atoms with Crippen LogP contribution in [0.15, 0.2) is 60.7 Å². The molecule has 0 aliphatic carbocycles. The lowest BCUT2D eigenvalue weighted by Crippen LogP contribution is -2.32. The Balaban J connectivity index is 1.12. The third kappa shape index (κ3) is 12.9. The molecule has 1 unspecified atom stereocenters. The molecule has 6 heterocycles. The van der Waals surface area contributed by atoms with Gasteiger partial charge in [-0.1, -0.05) is 113 Å². The second kappa shape index (κ2) is 23.0. The van der Waals surface area contributed by atoms with Crippen molar-refractivity contribution in [1.82, 2.24) is 4.90 Å². The largest absolute Gasteiger partial charge is 0.381 e. The van der Waals surface area contributed by atoms with Crippen molar-refractivity contribution >= 4 is 80.7 Å². The van der Waals surface area contributed by atoms with Gasteiger partial charge in [0.2, 0.25) is 0 Å². The van der Waals surface area contributed by atoms with Gasteiger partial charge in [-0.2, -0.15) is 0 Å². The molecule has 9 heteroatoms. The van der Waals surface area contributed by atoms with Gasteiger partial charge in [-0.3, -0.25) is 14.5 Å². The van der Waals surface area contributed by atoms with Crippen LogP contribution in [0.4, 0.5) is 0 Å². The molecule has 1 aliphatic heterocycles. The predicted octanol–water partition coefficient (Wildman–Crippen LogP) is 17.9. The predicted molar refractivity (Wildman–Crippen MR) is 280 cm³/mol. The molecule has 1 aliphatic rings. The van der Waals surface area contributed by atoms with Crippen molar-refractivity contribution < 1.29 is 14.3 Å². The first-order valence-corrected chi connectivity index (χ1v) is 27.7. The number of carbonyl (C=O) groups excluding carboxylic acids is 2. The van der Waals surface area contributed by atoms with Gasteiger partial charge in [0.15, 0.2) is 0 Å². The SMILES string of the molecule is CCC=CCCC(C)(C)c1ccc(-c2ccc(/C=C/c3ccc(-c4ccc(-c5sc(C(C)(C)CCCCC)c6c5C(=O)N(CCCOCCC(C)CCCC(C)C)C6=O)s4)s3)s2)s1. The van der Waals surface area contributed by atoms with Crippen molar-refractivity contribution in [3.05, 3.63) is 91.3 Å². The Bertz CT molecular complexity index is 2300. The van der Waals surface area contributed by atoms with Crippen molar-refractivity contribution in [2.75, 3.05) is 19.8 Å². The van der Waals surface area contributed by atoms with Crippen LogP contribution in [0.1, 0.15) is 180 Å². The molecule has 0 bridgehead atoms. The molecule has 0 aromatic carbocycles. The van der Waals surface area contributed by atoms with Crippen LogP contribution >= 0.6 is 56.7 Å². The molecular formula is C54H71NO3S5. The van der Waals surface area contributed by atoms with Crippen LogP contribution in [-0.2, 0) is 15.6 Å². The molecule has 0 saturated carbocycles. The van der Waals surface area contributed by atoms with E-state index < -0.39 is 0 Å². The number of fused-ring (bicyclic) bond motifs is 1. The standard InChI is InChI=1S/C54H71NO3S5/c1-10-12-14-16-32-53(6,7)46-30-29-44(62-46)42-26-24-40(60-42)22-21-39-23-25-41(59-39)43-27-28-45(61-43)49-47-48(50(63-49)54(8,9)33-15-13-11-2)52(57)55(51(47)56)34-18-35-58-36-31-38(5)20-17-19-37(3)4/h12,14,21-30,37-38H,10-11,13,15-20,31-36H2,1-9H3/b14-12?,22-21+. The van der Waals surface area contributed by atoms with Crippen LogP contribution in [0.5, 0.6) is 0 Å². The van der Waals surface area contributed by atoms with E-state index in [1.807, 2.05) is 22.7 Å². The maximum absolute atomic E-state index is 14.3. The number of unbranched alkanes of at least 4 members (excludes halogenated alkanes) is 2. The van der Waals surface area contributed by atoms with E-state index in [-0.39, 0.29) is 22.6 Å². The molecule has 4 nitrogen and oxygen atoms in total. The van der Waals surface area contributed by atoms with E-state index in [4.69, 9.17) is 4.74 Å². The fraction of sp³-hybridized carbons (Fsp3) is 0.519. The minimum atomic E-state index is -0.212. The Hall–Kier alpha value is -2.92. The average Bonchev–Trinajstić information content (AvgIpc) is 4.10. The minimum absolute atomic E-state index is 0.130. The van der Waals surface area contributed by atoms with Crippen molar-refractivity contribution in [3.63, 3.8) is 0 Å². The van der Waals surface area contributed by atoms with Crippen LogP contribution < -0.4 is 0 Å². The maximum atomic E-state index is 14.3. The van der Waals surface area contributed by atoms with Crippen LogP contribution in [0.3, 0.4) is 0 Å². The first-order valence-electron chi connectivity index (χ1n) is 23.6. The van der Waals surface area contributed by atoms with Crippen LogP contribution in [-0.4, -0.2) is 36.5 Å². The Labute approximate surface area is 399 Å². The van der Waals surface area contributed by atoms with Crippen LogP contribution in [0, 0.1) is 11.8 Å². The molecule has 63 heavy (non-hydrogen) atoms. The zero-order chi connectivity index (χ0) is 45.1. The minimum Gasteiger partial charge on any atom is -0.381 e. The molecule has 0 spiro atoms. The van der Waals surface area contributed by atoms with Crippen molar-refractivity contribution in [2.45, 2.75) is 150 Å². The molecular weight excluding hydrogens is 871 g/mol. The summed E-state index contributed by atoms with van der Waals surface area (Å²) in [7, 11) is 0. The summed E-state index contributed by atoms with van der Waals surface area (Å²) in [5.74, 6) is 1.12. The Kier molecular flexibility index (Phi) is 18.1. The number of amides is 2. The molecule has 340 valence electrons. The van der Waals surface area contributed by atoms with Gasteiger partial charge < -0.3 is 4.74 Å². The van der Waals surface area contributed by atoms with Crippen LogP contribution in [0.2, 0.25) is 0 Å². The van der Waals surface area contributed by atoms with E-state index in [1.165, 1.54) is 58.3 Å². The maximum Gasteiger partial charge on any atom is 0.263 e. The van der Waals surface area contributed by atoms with Crippen molar-refractivity contribution in [3.8, 4) is 29.3 Å². The topological polar surface area (TPSA) is 46.6 Å². The first-order chi connectivity index (χ1) is 30.2. The molecule has 1 atom stereocenters. The Morgan fingerprint density at radius 3 is 1.94 bits per heavy atom. The molecule has 5 aromatic heterocycles. The average molecular weight is 943 g/mol. The second-order valence-electron chi connectivity index (χ2n) is 19.2. The highest BCUT2D eigenvalue weighted by Crippen LogP contribution is 2.50. The highest BCUT2D eigenvalue weighted by atomic mass is 32.1. The monoisotopic (exact) mass is 941 g/mol. The number of hydrogen-bond acceptors (Lipinski definition) is 8. The zero-order valence-corrected chi connectivity index (χ0v) is 43.5. The fourth-order valence-electron chi connectivity index (χ4n) is 8.31. The van der Waals surface area contributed by atoms with Gasteiger partial charge in [0.25, 0.3) is 11.8 Å². The van der Waals surface area contributed by atoms with E-state index in [1.54, 1.807) is 34.0 Å². The highest BCUT2D eigenvalue weighted by Gasteiger charge is 2.44. The van der Waals surface area contributed by atoms with E-state index in [2.05, 4.69) is 135 Å². The summed E-state index contributed by atoms with van der Waals surface area (Å²) in [5.41, 5.74) is 1.21. The summed E-state index contributed by atoms with van der Waals surface area (Å²) in [6.45, 7) is 22.2. The number of rotatable bonds is 26. The van der Waals surface area contributed by atoms with E-state index in [9.17, 15) is 9.59 Å². The van der Waals surface area contributed by atoms with Gasteiger partial charge in [-0.15, -0.1) is 56.7 Å². The molecule has 0 N–H and O–H groups in total. The molecule has 2 amide bonds. The third-order valence-corrected chi connectivity index (χ3v) is 19.1. The molecule has 0 saturated heterocycles. The third-order valence-electron chi connectivity index (χ3n) is 12.3. The summed E-state index contributed by atoms with van der Waals surface area (Å²) < 4.78 is 6.02. The number of allylic oxidation sites excluding steroid dienone is 2. The summed E-state index contributed by atoms with van der Waals surface area (Å²) >= 11 is 8.96. The Morgan fingerprint density at radius 1 is 0.619 bits per heavy atom. The van der Waals surface area contributed by atoms with Gasteiger partial charge in [-0.25, -0.2) is 0 Å². The molecule has 6 rings (SSSR count). The number of carbonyl (C=O) groups is 2. The summed E-state index contributed by atoms with van der Waals surface area (Å²) in [4.78, 5) is 42.0. The van der Waals surface area contributed by atoms with Gasteiger partial charge in [0, 0.05) is 63.7 Å². The second-order valence-corrected chi connectivity index (χ2v) is 24.6. The van der Waals surface area contributed by atoms with Gasteiger partial charge in [-0.05, 0) is 122 Å². The lowest BCUT2D eigenvalue weighted by atomic mass is 9.83. The van der Waals surface area contributed by atoms with Crippen molar-refractivity contribution in [2.24, 2.45) is 11.8 Å². The molecule has 0 fully saturated rings. The van der Waals surface area contributed by atoms with Gasteiger partial charge >= 0.3 is 0 Å². The number of ether oxygens (including phenoxy) is 1. The number of hydrogen-bond donors (Lipinski definition) is 0.